The number of pyridine rings is 1. The maximum absolute atomic E-state index is 12.6. The molecule has 5 nitrogen and oxygen atoms in total. The van der Waals surface area contributed by atoms with E-state index in [1.807, 2.05) is 13.8 Å². The van der Waals surface area contributed by atoms with E-state index >= 15 is 0 Å². The molecule has 0 aliphatic carbocycles. The lowest BCUT2D eigenvalue weighted by Crippen LogP contribution is -2.38. The van der Waals surface area contributed by atoms with E-state index in [0.717, 1.165) is 0 Å². The molecule has 0 radical (unpaired) electrons. The van der Waals surface area contributed by atoms with Crippen molar-refractivity contribution in [1.29, 1.82) is 0 Å². The van der Waals surface area contributed by atoms with Gasteiger partial charge in [0.05, 0.1) is 24.7 Å². The Balaban J connectivity index is 3.23. The van der Waals surface area contributed by atoms with Crippen molar-refractivity contribution in [3.8, 4) is 11.5 Å². The number of sulfone groups is 1. The first-order chi connectivity index (χ1) is 9.17. The predicted octanol–water partition coefficient (Wildman–Crippen LogP) is 2.45. The first-order valence-electron chi connectivity index (χ1n) is 6.45. The second-order valence-corrected chi connectivity index (χ2v) is 8.08. The number of methoxy groups -OCH3 is 2. The number of aromatic nitrogens is 1. The molecule has 1 heterocycles. The molecule has 20 heavy (non-hydrogen) atoms. The van der Waals surface area contributed by atoms with Gasteiger partial charge in [0.2, 0.25) is 0 Å². The summed E-state index contributed by atoms with van der Waals surface area (Å²) >= 11 is 0. The van der Waals surface area contributed by atoms with Crippen LogP contribution in [0.3, 0.4) is 0 Å². The zero-order valence-corrected chi connectivity index (χ0v) is 13.7. The molecule has 0 aliphatic heterocycles. The largest absolute Gasteiger partial charge is 0.493 e. The highest BCUT2D eigenvalue weighted by molar-refractivity contribution is 7.92. The predicted molar refractivity (Wildman–Crippen MR) is 78.9 cm³/mol. The van der Waals surface area contributed by atoms with Gasteiger partial charge in [0.25, 0.3) is 0 Å². The molecule has 0 bridgehead atoms. The molecule has 0 saturated heterocycles. The van der Waals surface area contributed by atoms with Gasteiger partial charge >= 0.3 is 0 Å². The molecule has 0 atom stereocenters. The molecule has 6 heteroatoms. The fourth-order valence-electron chi connectivity index (χ4n) is 1.68. The Bertz CT molecular complexity index is 565. The Kier molecular flexibility index (Phi) is 5.02. The van der Waals surface area contributed by atoms with Crippen molar-refractivity contribution >= 4 is 9.84 Å². The number of nitrogens with zero attached hydrogens (tertiary/aromatic N) is 1. The lowest BCUT2D eigenvalue weighted by atomic mass is 10.00. The third kappa shape index (κ3) is 3.06. The van der Waals surface area contributed by atoms with Gasteiger partial charge in [0.15, 0.2) is 21.3 Å². The van der Waals surface area contributed by atoms with Crippen molar-refractivity contribution in [1.82, 2.24) is 4.98 Å². The maximum Gasteiger partial charge on any atom is 0.183 e. The molecular weight excluding hydrogens is 278 g/mol. The summed E-state index contributed by atoms with van der Waals surface area (Å²) in [6.45, 7) is 7.26. The third-order valence-electron chi connectivity index (χ3n) is 3.88. The van der Waals surface area contributed by atoms with Crippen molar-refractivity contribution < 1.29 is 17.9 Å². The number of rotatable bonds is 6. The van der Waals surface area contributed by atoms with Crippen molar-refractivity contribution in [3.05, 3.63) is 18.0 Å². The first-order valence-corrected chi connectivity index (χ1v) is 8.10. The summed E-state index contributed by atoms with van der Waals surface area (Å²) in [6.07, 6.45) is 1.52. The zero-order chi connectivity index (χ0) is 15.6. The molecule has 114 valence electrons. The smallest absolute Gasteiger partial charge is 0.183 e. The average molecular weight is 301 g/mol. The van der Waals surface area contributed by atoms with E-state index < -0.39 is 14.6 Å². The summed E-state index contributed by atoms with van der Waals surface area (Å²) in [7, 11) is -0.384. The van der Waals surface area contributed by atoms with Crippen molar-refractivity contribution in [3.63, 3.8) is 0 Å². The van der Waals surface area contributed by atoms with Crippen LogP contribution in [0.5, 0.6) is 11.5 Å². The van der Waals surface area contributed by atoms with Gasteiger partial charge in [-0.25, -0.2) is 8.42 Å². The van der Waals surface area contributed by atoms with Crippen LogP contribution in [0.1, 0.15) is 33.4 Å². The van der Waals surface area contributed by atoms with Crippen LogP contribution >= 0.6 is 0 Å². The van der Waals surface area contributed by atoms with Crippen LogP contribution < -0.4 is 9.47 Å². The zero-order valence-electron chi connectivity index (χ0n) is 12.9. The van der Waals surface area contributed by atoms with Crippen LogP contribution in [0.4, 0.5) is 0 Å². The van der Waals surface area contributed by atoms with Gasteiger partial charge in [-0.2, -0.15) is 0 Å². The average Bonchev–Trinajstić information content (AvgIpc) is 2.37. The summed E-state index contributed by atoms with van der Waals surface area (Å²) in [4.78, 5) is 4.13. The van der Waals surface area contributed by atoms with Crippen LogP contribution in [0, 0.1) is 5.92 Å². The minimum atomic E-state index is -3.37. The summed E-state index contributed by atoms with van der Waals surface area (Å²) < 4.78 is 34.8. The molecule has 1 rings (SSSR count). The Morgan fingerprint density at radius 1 is 1.25 bits per heavy atom. The summed E-state index contributed by atoms with van der Waals surface area (Å²) in [5.74, 6) is 0.690. The third-order valence-corrected chi connectivity index (χ3v) is 6.61. The number of ether oxygens (including phenoxy) is 2. The number of hydrogen-bond donors (Lipinski definition) is 0. The van der Waals surface area contributed by atoms with E-state index in [-0.39, 0.29) is 11.7 Å². The van der Waals surface area contributed by atoms with Gasteiger partial charge < -0.3 is 9.47 Å². The van der Waals surface area contributed by atoms with Crippen LogP contribution in [0.15, 0.2) is 12.3 Å². The van der Waals surface area contributed by atoms with E-state index in [4.69, 9.17) is 9.47 Å². The molecule has 0 amide bonds. The Morgan fingerprint density at radius 3 is 2.30 bits per heavy atom. The van der Waals surface area contributed by atoms with Gasteiger partial charge in [0.1, 0.15) is 5.69 Å². The molecule has 0 spiro atoms. The molecule has 0 unspecified atom stereocenters. The van der Waals surface area contributed by atoms with E-state index in [1.165, 1.54) is 20.4 Å². The van der Waals surface area contributed by atoms with Crippen LogP contribution in [0.25, 0.3) is 0 Å². The van der Waals surface area contributed by atoms with Crippen molar-refractivity contribution in [2.45, 2.75) is 38.2 Å². The summed E-state index contributed by atoms with van der Waals surface area (Å²) in [5, 5.41) is 0. The molecule has 0 aromatic carbocycles. The Morgan fingerprint density at radius 2 is 1.85 bits per heavy atom. The highest BCUT2D eigenvalue weighted by atomic mass is 32.2. The van der Waals surface area contributed by atoms with Crippen molar-refractivity contribution in [2.75, 3.05) is 14.2 Å². The lowest BCUT2D eigenvalue weighted by molar-refractivity contribution is 0.350. The van der Waals surface area contributed by atoms with E-state index in [9.17, 15) is 8.42 Å². The number of hydrogen-bond acceptors (Lipinski definition) is 5. The highest BCUT2D eigenvalue weighted by Gasteiger charge is 2.38. The summed E-state index contributed by atoms with van der Waals surface area (Å²) in [6, 6.07) is 1.64. The van der Waals surface area contributed by atoms with Crippen LogP contribution in [-0.2, 0) is 15.6 Å². The quantitative estimate of drug-likeness (QED) is 0.807. The van der Waals surface area contributed by atoms with Gasteiger partial charge in [0, 0.05) is 12.3 Å². The topological polar surface area (TPSA) is 65.5 Å². The summed E-state index contributed by atoms with van der Waals surface area (Å²) in [5.41, 5.74) is 0.376. The molecule has 0 fully saturated rings. The van der Waals surface area contributed by atoms with E-state index in [0.29, 0.717) is 17.2 Å². The van der Waals surface area contributed by atoms with E-state index in [2.05, 4.69) is 4.98 Å². The Labute approximate surface area is 121 Å². The second-order valence-electron chi connectivity index (χ2n) is 5.51. The van der Waals surface area contributed by atoms with Gasteiger partial charge in [-0.15, -0.1) is 0 Å². The molecule has 0 N–H and O–H groups in total. The molecule has 0 saturated carbocycles. The van der Waals surface area contributed by atoms with Crippen LogP contribution in [-0.4, -0.2) is 32.4 Å². The fourth-order valence-corrected chi connectivity index (χ4v) is 3.33. The lowest BCUT2D eigenvalue weighted by Gasteiger charge is -2.29. The highest BCUT2D eigenvalue weighted by Crippen LogP contribution is 2.34. The Hall–Kier alpha value is -1.30. The van der Waals surface area contributed by atoms with E-state index in [1.54, 1.807) is 19.9 Å². The van der Waals surface area contributed by atoms with Crippen molar-refractivity contribution in [2.24, 2.45) is 5.92 Å². The normalized spacial score (nSPS) is 12.6. The molecule has 1 aromatic heterocycles. The van der Waals surface area contributed by atoms with Crippen LogP contribution in [0.2, 0.25) is 0 Å². The van der Waals surface area contributed by atoms with Gasteiger partial charge in [-0.1, -0.05) is 13.8 Å². The molecule has 1 aromatic rings. The molecule has 0 aliphatic rings. The van der Waals surface area contributed by atoms with Gasteiger partial charge in [-0.05, 0) is 19.8 Å². The molecular formula is C14H23NO4S. The van der Waals surface area contributed by atoms with Gasteiger partial charge in [-0.3, -0.25) is 4.98 Å². The second kappa shape index (κ2) is 5.99. The SMILES string of the molecule is COc1ccnc(CS(=O)(=O)C(C)(C)C(C)C)c1OC. The monoisotopic (exact) mass is 301 g/mol. The fraction of sp³-hybridized carbons (Fsp3) is 0.643. The minimum Gasteiger partial charge on any atom is -0.493 e. The standard InChI is InChI=1S/C14H23NO4S/c1-10(2)14(3,4)20(16,17)9-11-13(19-6)12(18-5)7-8-15-11/h7-8,10H,9H2,1-6H3. The first kappa shape index (κ1) is 16.8. The maximum atomic E-state index is 12.6. The minimum absolute atomic E-state index is 0.00380.